The van der Waals surface area contributed by atoms with Crippen LogP contribution < -0.4 is 15.4 Å². The number of methoxy groups -OCH3 is 1. The SMILES string of the molecule is COc1ccc(NC(=O)OC(C)(C)C)c(NC(C)c2scnc2C)c1. The van der Waals surface area contributed by atoms with Gasteiger partial charge in [-0.3, -0.25) is 5.32 Å². The Morgan fingerprint density at radius 1 is 1.28 bits per heavy atom. The molecule has 2 rings (SSSR count). The highest BCUT2D eigenvalue weighted by Crippen LogP contribution is 2.32. The fraction of sp³-hybridized carbons (Fsp3) is 0.444. The molecule has 0 saturated carbocycles. The number of benzene rings is 1. The molecule has 6 nitrogen and oxygen atoms in total. The molecule has 136 valence electrons. The smallest absolute Gasteiger partial charge is 0.412 e. The third kappa shape index (κ3) is 5.35. The molecule has 0 saturated heterocycles. The molecule has 1 aromatic carbocycles. The van der Waals surface area contributed by atoms with Gasteiger partial charge in [-0.1, -0.05) is 0 Å². The lowest BCUT2D eigenvalue weighted by Crippen LogP contribution is -2.27. The first kappa shape index (κ1) is 19.1. The monoisotopic (exact) mass is 363 g/mol. The number of nitrogens with one attached hydrogen (secondary N) is 2. The van der Waals surface area contributed by atoms with E-state index >= 15 is 0 Å². The maximum atomic E-state index is 12.1. The number of rotatable bonds is 5. The van der Waals surface area contributed by atoms with E-state index < -0.39 is 11.7 Å². The van der Waals surface area contributed by atoms with E-state index in [0.29, 0.717) is 11.4 Å². The van der Waals surface area contributed by atoms with Gasteiger partial charge in [0.25, 0.3) is 0 Å². The molecule has 0 radical (unpaired) electrons. The summed E-state index contributed by atoms with van der Waals surface area (Å²) in [6.45, 7) is 9.52. The maximum absolute atomic E-state index is 12.1. The van der Waals surface area contributed by atoms with Crippen LogP contribution in [-0.4, -0.2) is 23.8 Å². The van der Waals surface area contributed by atoms with Crippen molar-refractivity contribution in [3.8, 4) is 5.75 Å². The van der Waals surface area contributed by atoms with Crippen molar-refractivity contribution in [1.29, 1.82) is 0 Å². The number of aromatic nitrogens is 1. The molecule has 25 heavy (non-hydrogen) atoms. The highest BCUT2D eigenvalue weighted by Gasteiger charge is 2.19. The van der Waals surface area contributed by atoms with Crippen LogP contribution in [0, 0.1) is 6.92 Å². The zero-order valence-corrected chi connectivity index (χ0v) is 16.3. The van der Waals surface area contributed by atoms with E-state index in [1.807, 2.05) is 39.3 Å². The largest absolute Gasteiger partial charge is 0.497 e. The third-order valence-corrected chi connectivity index (χ3v) is 4.52. The van der Waals surface area contributed by atoms with E-state index in [1.54, 1.807) is 30.6 Å². The highest BCUT2D eigenvalue weighted by atomic mass is 32.1. The average Bonchev–Trinajstić information content (AvgIpc) is 2.93. The molecular formula is C18H25N3O3S. The zero-order valence-electron chi connectivity index (χ0n) is 15.5. The topological polar surface area (TPSA) is 72.5 Å². The standard InChI is InChI=1S/C18H25N3O3S/c1-11-16(25-10-19-11)12(2)20-15-9-13(23-6)7-8-14(15)21-17(22)24-18(3,4)5/h7-10,12,20H,1-6H3,(H,21,22). The quantitative estimate of drug-likeness (QED) is 0.784. The van der Waals surface area contributed by atoms with Gasteiger partial charge in [0.1, 0.15) is 11.4 Å². The second kappa shape index (κ2) is 7.74. The van der Waals surface area contributed by atoms with Gasteiger partial charge < -0.3 is 14.8 Å². The van der Waals surface area contributed by atoms with Crippen LogP contribution >= 0.6 is 11.3 Å². The van der Waals surface area contributed by atoms with Crippen molar-refractivity contribution in [2.75, 3.05) is 17.7 Å². The Balaban J connectivity index is 2.22. The molecule has 0 fully saturated rings. The van der Waals surface area contributed by atoms with Gasteiger partial charge in [-0.2, -0.15) is 0 Å². The van der Waals surface area contributed by atoms with Gasteiger partial charge in [-0.15, -0.1) is 11.3 Å². The van der Waals surface area contributed by atoms with Crippen molar-refractivity contribution in [2.45, 2.75) is 46.3 Å². The van der Waals surface area contributed by atoms with Gasteiger partial charge in [0.15, 0.2) is 0 Å². The summed E-state index contributed by atoms with van der Waals surface area (Å²) < 4.78 is 10.6. The normalized spacial score (nSPS) is 12.4. The molecule has 0 bridgehead atoms. The molecule has 0 aliphatic carbocycles. The summed E-state index contributed by atoms with van der Waals surface area (Å²) in [6, 6.07) is 5.47. The first-order valence-electron chi connectivity index (χ1n) is 8.04. The van der Waals surface area contributed by atoms with E-state index in [0.717, 1.165) is 16.3 Å². The van der Waals surface area contributed by atoms with Crippen molar-refractivity contribution in [1.82, 2.24) is 4.98 Å². The van der Waals surface area contributed by atoms with Crippen molar-refractivity contribution in [3.63, 3.8) is 0 Å². The molecule has 1 unspecified atom stereocenters. The van der Waals surface area contributed by atoms with Crippen molar-refractivity contribution in [2.24, 2.45) is 0 Å². The van der Waals surface area contributed by atoms with Crippen LogP contribution in [0.2, 0.25) is 0 Å². The lowest BCUT2D eigenvalue weighted by Gasteiger charge is -2.22. The molecule has 7 heteroatoms. The molecule has 1 heterocycles. The summed E-state index contributed by atoms with van der Waals surface area (Å²) in [4.78, 5) is 17.5. The number of nitrogens with zero attached hydrogens (tertiary/aromatic N) is 1. The van der Waals surface area contributed by atoms with Gasteiger partial charge in [0, 0.05) is 10.9 Å². The summed E-state index contributed by atoms with van der Waals surface area (Å²) in [6.07, 6.45) is -0.498. The van der Waals surface area contributed by atoms with Gasteiger partial charge in [-0.25, -0.2) is 9.78 Å². The number of ether oxygens (including phenoxy) is 2. The minimum Gasteiger partial charge on any atom is -0.497 e. The molecule has 0 spiro atoms. The Morgan fingerprint density at radius 3 is 2.56 bits per heavy atom. The van der Waals surface area contributed by atoms with Crippen LogP contribution in [0.5, 0.6) is 5.75 Å². The molecule has 2 N–H and O–H groups in total. The zero-order chi connectivity index (χ0) is 18.6. The summed E-state index contributed by atoms with van der Waals surface area (Å²) in [5.41, 5.74) is 3.65. The number of anilines is 2. The van der Waals surface area contributed by atoms with Crippen LogP contribution in [0.3, 0.4) is 0 Å². The number of hydrogen-bond acceptors (Lipinski definition) is 6. The molecule has 1 atom stereocenters. The van der Waals surface area contributed by atoms with E-state index in [-0.39, 0.29) is 6.04 Å². The predicted octanol–water partition coefficient (Wildman–Crippen LogP) is 4.98. The van der Waals surface area contributed by atoms with Gasteiger partial charge in [-0.05, 0) is 46.8 Å². The maximum Gasteiger partial charge on any atom is 0.412 e. The highest BCUT2D eigenvalue weighted by molar-refractivity contribution is 7.09. The summed E-state index contributed by atoms with van der Waals surface area (Å²) in [5, 5.41) is 6.21. The van der Waals surface area contributed by atoms with E-state index in [2.05, 4.69) is 22.5 Å². The Hall–Kier alpha value is -2.28. The Labute approximate surface area is 152 Å². The van der Waals surface area contributed by atoms with Crippen LogP contribution in [0.15, 0.2) is 23.7 Å². The fourth-order valence-electron chi connectivity index (χ4n) is 2.32. The van der Waals surface area contributed by atoms with Gasteiger partial charge in [0.05, 0.1) is 35.7 Å². The lowest BCUT2D eigenvalue weighted by molar-refractivity contribution is 0.0636. The van der Waals surface area contributed by atoms with Gasteiger partial charge >= 0.3 is 6.09 Å². The molecule has 0 aliphatic heterocycles. The first-order chi connectivity index (χ1) is 11.7. The van der Waals surface area contributed by atoms with Crippen LogP contribution in [0.25, 0.3) is 0 Å². The second-order valence-electron chi connectivity index (χ2n) is 6.71. The number of carbonyl (C=O) groups excluding carboxylic acids is 1. The number of amides is 1. The van der Waals surface area contributed by atoms with E-state index in [4.69, 9.17) is 9.47 Å². The molecule has 0 aliphatic rings. The van der Waals surface area contributed by atoms with E-state index in [1.165, 1.54) is 0 Å². The Bertz CT molecular complexity index is 737. The number of hydrogen-bond donors (Lipinski definition) is 2. The Morgan fingerprint density at radius 2 is 2.00 bits per heavy atom. The average molecular weight is 363 g/mol. The summed E-state index contributed by atoms with van der Waals surface area (Å²) in [5.74, 6) is 0.700. The number of thiazole rings is 1. The Kier molecular flexibility index (Phi) is 5.89. The van der Waals surface area contributed by atoms with Crippen molar-refractivity contribution < 1.29 is 14.3 Å². The van der Waals surface area contributed by atoms with E-state index in [9.17, 15) is 4.79 Å². The summed E-state index contributed by atoms with van der Waals surface area (Å²) >= 11 is 1.60. The molecular weight excluding hydrogens is 338 g/mol. The molecule has 1 aromatic heterocycles. The number of aryl methyl sites for hydroxylation is 1. The minimum atomic E-state index is -0.558. The molecule has 2 aromatic rings. The number of carbonyl (C=O) groups is 1. The second-order valence-corrected chi connectivity index (χ2v) is 7.59. The lowest BCUT2D eigenvalue weighted by atomic mass is 10.2. The first-order valence-corrected chi connectivity index (χ1v) is 8.92. The summed E-state index contributed by atoms with van der Waals surface area (Å²) in [7, 11) is 1.61. The van der Waals surface area contributed by atoms with Crippen LogP contribution in [0.1, 0.15) is 44.3 Å². The third-order valence-electron chi connectivity index (χ3n) is 3.41. The fourth-order valence-corrected chi connectivity index (χ4v) is 3.13. The minimum absolute atomic E-state index is 0.0405. The predicted molar refractivity (Wildman–Crippen MR) is 102 cm³/mol. The van der Waals surface area contributed by atoms with Crippen LogP contribution in [-0.2, 0) is 4.74 Å². The van der Waals surface area contributed by atoms with Crippen molar-refractivity contribution in [3.05, 3.63) is 34.3 Å². The molecule has 1 amide bonds. The van der Waals surface area contributed by atoms with Crippen LogP contribution in [0.4, 0.5) is 16.2 Å². The van der Waals surface area contributed by atoms with Gasteiger partial charge in [0.2, 0.25) is 0 Å². The van der Waals surface area contributed by atoms with Crippen molar-refractivity contribution >= 4 is 28.8 Å².